The highest BCUT2D eigenvalue weighted by atomic mass is 19.4. The van der Waals surface area contributed by atoms with E-state index < -0.39 is 57.8 Å². The van der Waals surface area contributed by atoms with Gasteiger partial charge in [0.1, 0.15) is 5.75 Å². The van der Waals surface area contributed by atoms with Crippen molar-refractivity contribution in [3.63, 3.8) is 0 Å². The van der Waals surface area contributed by atoms with Crippen LogP contribution in [0.5, 0.6) is 5.75 Å². The van der Waals surface area contributed by atoms with E-state index in [9.17, 15) is 42.1 Å². The second kappa shape index (κ2) is 15.2. The summed E-state index contributed by atoms with van der Waals surface area (Å²) in [7, 11) is 0. The van der Waals surface area contributed by atoms with Crippen LogP contribution in [0.3, 0.4) is 0 Å². The maximum atomic E-state index is 14.8. The third kappa shape index (κ3) is 7.26. The minimum atomic E-state index is -4.84. The molecule has 0 amide bonds. The Balaban J connectivity index is 1.12. The summed E-state index contributed by atoms with van der Waals surface area (Å²) in [5.41, 5.74) is -1.72. The molecule has 3 aromatic rings. The Labute approximate surface area is 341 Å². The Bertz CT molecular complexity index is 2110. The largest absolute Gasteiger partial charge is 0.573 e. The summed E-state index contributed by atoms with van der Waals surface area (Å²) in [6.45, 7) is 5.04. The zero-order valence-corrected chi connectivity index (χ0v) is 33.4. The van der Waals surface area contributed by atoms with Crippen LogP contribution in [0.4, 0.5) is 22.0 Å². The van der Waals surface area contributed by atoms with Gasteiger partial charge >= 0.3 is 6.36 Å². The van der Waals surface area contributed by atoms with Crippen LogP contribution in [0.25, 0.3) is 0 Å². The molecule has 9 atom stereocenters. The fraction of sp³-hybridized carbons (Fsp3) is 0.511. The summed E-state index contributed by atoms with van der Waals surface area (Å²) < 4.78 is 77.6. The normalized spacial score (nSPS) is 33.9. The molecule has 0 aliphatic heterocycles. The van der Waals surface area contributed by atoms with Crippen molar-refractivity contribution < 1.29 is 51.5 Å². The summed E-state index contributed by atoms with van der Waals surface area (Å²) >= 11 is 0. The second-order valence-electron chi connectivity index (χ2n) is 18.3. The number of benzene rings is 3. The number of carbonyl (C=O) groups is 1. The number of Topliss-reactive ketones (excluding diaryl/α,β-unsaturated/α-hetero) is 1. The third-order valence-electron chi connectivity index (χ3n) is 15.1. The van der Waals surface area contributed by atoms with Gasteiger partial charge in [0.15, 0.2) is 17.4 Å². The molecule has 9 unspecified atom stereocenters. The van der Waals surface area contributed by atoms with Crippen molar-refractivity contribution in [2.24, 2.45) is 33.5 Å². The fourth-order valence-corrected chi connectivity index (χ4v) is 12.2. The van der Waals surface area contributed by atoms with E-state index in [-0.39, 0.29) is 61.4 Å². The third-order valence-corrected chi connectivity index (χ3v) is 15.1. The van der Waals surface area contributed by atoms with Crippen LogP contribution in [0.15, 0.2) is 96.6 Å². The number of aliphatic hydroxyl groups excluding tert-OH is 2. The summed E-state index contributed by atoms with van der Waals surface area (Å²) in [4.78, 5) is 16.7. The van der Waals surface area contributed by atoms with E-state index in [1.54, 1.807) is 0 Å². The van der Waals surface area contributed by atoms with Crippen molar-refractivity contribution in [3.8, 4) is 5.75 Å². The summed E-state index contributed by atoms with van der Waals surface area (Å²) in [5.74, 6) is -3.18. The van der Waals surface area contributed by atoms with E-state index >= 15 is 0 Å². The first kappa shape index (κ1) is 41.8. The molecule has 0 radical (unpaired) electrons. The van der Waals surface area contributed by atoms with E-state index in [1.165, 1.54) is 30.3 Å². The average Bonchev–Trinajstić information content (AvgIpc) is 3.45. The predicted octanol–water partition coefficient (Wildman–Crippen LogP) is 8.72. The van der Waals surface area contributed by atoms with Gasteiger partial charge in [-0.3, -0.25) is 9.69 Å². The minimum Gasteiger partial charge on any atom is -0.406 e. The molecule has 316 valence electrons. The molecule has 3 aromatic carbocycles. The topological polar surface area (TPSA) is 99.5 Å². The van der Waals surface area contributed by atoms with E-state index in [0.29, 0.717) is 49.7 Å². The molecular weight excluding hydrogens is 770 g/mol. The quantitative estimate of drug-likeness (QED) is 0.0902. The highest BCUT2D eigenvalue weighted by Crippen LogP contribution is 2.78. The SMILES string of the molecule is CC12CCC(O)CC13C=CC1(C(C(=O)c4ccc(F)c(F)c4)=C3)C2CCC2(C)C1CCC2(O)CN(Cc1ccc(OC(F)(F)F)cc1)CC(O)COCc1ccccc1. The lowest BCUT2D eigenvalue weighted by molar-refractivity contribution is -0.274. The number of hydrogen-bond acceptors (Lipinski definition) is 7. The molecule has 6 aliphatic rings. The van der Waals surface area contributed by atoms with Crippen LogP contribution < -0.4 is 4.74 Å². The number of ketones is 1. The molecule has 3 N–H and O–H groups in total. The van der Waals surface area contributed by atoms with E-state index in [2.05, 4.69) is 30.7 Å². The number of aliphatic hydroxyl groups is 3. The molecule has 0 aromatic heterocycles. The molecule has 2 bridgehead atoms. The van der Waals surface area contributed by atoms with Crippen LogP contribution in [0.2, 0.25) is 0 Å². The van der Waals surface area contributed by atoms with E-state index in [4.69, 9.17) is 4.74 Å². The first-order valence-electron chi connectivity index (χ1n) is 20.6. The average molecular weight is 822 g/mol. The maximum Gasteiger partial charge on any atom is 0.573 e. The van der Waals surface area contributed by atoms with Gasteiger partial charge in [0.2, 0.25) is 0 Å². The van der Waals surface area contributed by atoms with Crippen LogP contribution in [0, 0.1) is 45.1 Å². The van der Waals surface area contributed by atoms with Crippen molar-refractivity contribution >= 4 is 5.78 Å². The zero-order valence-electron chi connectivity index (χ0n) is 33.4. The van der Waals surface area contributed by atoms with Crippen molar-refractivity contribution in [2.45, 2.75) is 96.1 Å². The number of fused-ring (bicyclic) bond motifs is 1. The lowest BCUT2D eigenvalue weighted by Crippen LogP contribution is -2.67. The van der Waals surface area contributed by atoms with Crippen LogP contribution >= 0.6 is 0 Å². The molecule has 9 rings (SSSR count). The molecule has 3 saturated carbocycles. The molecule has 3 fully saturated rings. The van der Waals surface area contributed by atoms with Crippen molar-refractivity contribution in [3.05, 3.63) is 125 Å². The molecule has 6 aliphatic carbocycles. The Morgan fingerprint density at radius 3 is 2.29 bits per heavy atom. The van der Waals surface area contributed by atoms with Crippen molar-refractivity contribution in [1.82, 2.24) is 4.90 Å². The van der Waals surface area contributed by atoms with Gasteiger partial charge < -0.3 is 24.8 Å². The lowest BCUT2D eigenvalue weighted by atomic mass is 9.32. The Morgan fingerprint density at radius 1 is 0.881 bits per heavy atom. The number of nitrogens with zero attached hydrogens (tertiary/aromatic N) is 1. The number of hydrogen-bond donors (Lipinski definition) is 3. The van der Waals surface area contributed by atoms with Gasteiger partial charge in [0.05, 0.1) is 31.0 Å². The number of ether oxygens (including phenoxy) is 2. The van der Waals surface area contributed by atoms with Gasteiger partial charge in [-0.15, -0.1) is 13.2 Å². The molecule has 0 heterocycles. The molecule has 59 heavy (non-hydrogen) atoms. The number of alkyl halides is 3. The summed E-state index contributed by atoms with van der Waals surface area (Å²) in [5, 5.41) is 35.4. The van der Waals surface area contributed by atoms with Gasteiger partial charge in [-0.05, 0) is 104 Å². The van der Waals surface area contributed by atoms with E-state index in [1.807, 2.05) is 41.3 Å². The van der Waals surface area contributed by atoms with Gasteiger partial charge in [-0.25, -0.2) is 8.78 Å². The number of carbonyl (C=O) groups excluding carboxylic acids is 1. The van der Waals surface area contributed by atoms with Gasteiger partial charge in [0.25, 0.3) is 0 Å². The fourth-order valence-electron chi connectivity index (χ4n) is 12.2. The number of halogens is 5. The highest BCUT2D eigenvalue weighted by molar-refractivity contribution is 6.10. The molecule has 0 saturated heterocycles. The van der Waals surface area contributed by atoms with Gasteiger partial charge in [-0.1, -0.05) is 74.5 Å². The molecule has 7 nitrogen and oxygen atoms in total. The minimum absolute atomic E-state index is 0.00688. The first-order valence-corrected chi connectivity index (χ1v) is 20.6. The van der Waals surface area contributed by atoms with Gasteiger partial charge in [0, 0.05) is 47.0 Å². The van der Waals surface area contributed by atoms with Crippen LogP contribution in [-0.4, -0.2) is 69.9 Å². The standard InChI is InChI=1S/C47H52F5NO6/c1-42-17-14-33(54)23-44(42)20-21-46(36(24-44)41(56)32-10-13-37(48)38(49)22-32)39(42)15-18-43(2)40(46)16-19-45(43,57)29-53(25-30-8-11-35(12-9-30)59-47(50,51)52)26-34(55)28-58-27-31-6-4-3-5-7-31/h3-13,20-22,24,33-34,39-40,54-55,57H,14-19,23,25-29H2,1-2H3. The maximum absolute atomic E-state index is 14.8. The summed E-state index contributed by atoms with van der Waals surface area (Å²) in [6.07, 6.45) is 4.02. The van der Waals surface area contributed by atoms with Crippen LogP contribution in [-0.2, 0) is 17.9 Å². The lowest BCUT2D eigenvalue weighted by Gasteiger charge is -2.71. The first-order chi connectivity index (χ1) is 27.9. The van der Waals surface area contributed by atoms with Crippen molar-refractivity contribution in [2.75, 3.05) is 19.7 Å². The Morgan fingerprint density at radius 2 is 1.58 bits per heavy atom. The predicted molar refractivity (Wildman–Crippen MR) is 210 cm³/mol. The second-order valence-corrected chi connectivity index (χ2v) is 18.3. The van der Waals surface area contributed by atoms with E-state index in [0.717, 1.165) is 24.1 Å². The molecular formula is C47H52F5NO6. The number of allylic oxidation sites excluding steroid dienone is 4. The van der Waals surface area contributed by atoms with Crippen LogP contribution in [0.1, 0.15) is 80.3 Å². The zero-order chi connectivity index (χ0) is 42.0. The van der Waals surface area contributed by atoms with Gasteiger partial charge in [-0.2, -0.15) is 0 Å². The van der Waals surface area contributed by atoms with Crippen molar-refractivity contribution in [1.29, 1.82) is 0 Å². The Kier molecular flexibility index (Phi) is 10.8. The number of rotatable bonds is 13. The molecule has 2 spiro atoms. The molecule has 12 heteroatoms. The summed E-state index contributed by atoms with van der Waals surface area (Å²) in [6, 6.07) is 18.3. The highest BCUT2D eigenvalue weighted by Gasteiger charge is 2.74. The monoisotopic (exact) mass is 821 g/mol. The Hall–Kier alpha value is -3.94. The smallest absolute Gasteiger partial charge is 0.406 e.